The number of hydrogen-bond donors (Lipinski definition) is 1. The standard InChI is InChI=1S/C13H15N/c1-2-11-5-7-12(8-6-11)13-4-3-9-14-10-13/h1,5-8,13-14H,3-4,9-10H2/t13-/m1/s1. The van der Waals surface area contributed by atoms with Gasteiger partial charge in [-0.05, 0) is 43.0 Å². The Morgan fingerprint density at radius 1 is 1.29 bits per heavy atom. The minimum absolute atomic E-state index is 0.676. The second-order valence-corrected chi connectivity index (χ2v) is 3.81. The van der Waals surface area contributed by atoms with Crippen molar-refractivity contribution in [1.82, 2.24) is 5.32 Å². The molecule has 0 aliphatic carbocycles. The fraction of sp³-hybridized carbons (Fsp3) is 0.385. The highest BCUT2D eigenvalue weighted by Crippen LogP contribution is 2.22. The molecule has 0 aromatic heterocycles. The first-order chi connectivity index (χ1) is 6.90. The number of benzene rings is 1. The lowest BCUT2D eigenvalue weighted by Gasteiger charge is -2.23. The van der Waals surface area contributed by atoms with Crippen molar-refractivity contribution < 1.29 is 0 Å². The number of nitrogens with one attached hydrogen (secondary N) is 1. The fourth-order valence-corrected chi connectivity index (χ4v) is 1.99. The van der Waals surface area contributed by atoms with E-state index in [1.54, 1.807) is 0 Å². The molecule has 72 valence electrons. The van der Waals surface area contributed by atoms with Gasteiger partial charge in [-0.2, -0.15) is 0 Å². The summed E-state index contributed by atoms with van der Waals surface area (Å²) in [6, 6.07) is 8.38. The average Bonchev–Trinajstić information content (AvgIpc) is 2.30. The first-order valence-electron chi connectivity index (χ1n) is 5.17. The molecular formula is C13H15N. The quantitative estimate of drug-likeness (QED) is 0.661. The molecule has 1 heteroatoms. The maximum atomic E-state index is 5.32. The van der Waals surface area contributed by atoms with Gasteiger partial charge in [-0.15, -0.1) is 6.42 Å². The highest BCUT2D eigenvalue weighted by Gasteiger charge is 2.14. The summed E-state index contributed by atoms with van der Waals surface area (Å²) in [6.45, 7) is 2.27. The topological polar surface area (TPSA) is 12.0 Å². The van der Waals surface area contributed by atoms with Gasteiger partial charge in [0, 0.05) is 12.1 Å². The summed E-state index contributed by atoms with van der Waals surface area (Å²) in [7, 11) is 0. The van der Waals surface area contributed by atoms with Crippen molar-refractivity contribution in [2.45, 2.75) is 18.8 Å². The van der Waals surface area contributed by atoms with Crippen LogP contribution in [0, 0.1) is 12.3 Å². The smallest absolute Gasteiger partial charge is 0.0242 e. The molecule has 1 aromatic rings. The van der Waals surface area contributed by atoms with E-state index in [-0.39, 0.29) is 0 Å². The zero-order valence-electron chi connectivity index (χ0n) is 8.29. The summed E-state index contributed by atoms with van der Waals surface area (Å²) in [5.41, 5.74) is 2.38. The molecule has 0 bridgehead atoms. The largest absolute Gasteiger partial charge is 0.316 e. The Hall–Kier alpha value is -1.26. The van der Waals surface area contributed by atoms with Gasteiger partial charge in [0.1, 0.15) is 0 Å². The summed E-state index contributed by atoms with van der Waals surface area (Å²) in [6.07, 6.45) is 7.89. The minimum Gasteiger partial charge on any atom is -0.316 e. The van der Waals surface area contributed by atoms with Crippen molar-refractivity contribution in [3.05, 3.63) is 35.4 Å². The number of piperidine rings is 1. The molecule has 14 heavy (non-hydrogen) atoms. The molecule has 1 heterocycles. The van der Waals surface area contributed by atoms with Crippen molar-refractivity contribution in [3.8, 4) is 12.3 Å². The SMILES string of the molecule is C#Cc1ccc([C@@H]2CCCNC2)cc1. The van der Waals surface area contributed by atoms with Crippen molar-refractivity contribution in [2.24, 2.45) is 0 Å². The first kappa shape index (κ1) is 9.30. The van der Waals surface area contributed by atoms with Crippen molar-refractivity contribution in [3.63, 3.8) is 0 Å². The lowest BCUT2D eigenvalue weighted by atomic mass is 9.91. The van der Waals surface area contributed by atoms with Crippen molar-refractivity contribution in [1.29, 1.82) is 0 Å². The molecular weight excluding hydrogens is 170 g/mol. The van der Waals surface area contributed by atoms with E-state index in [1.807, 2.05) is 12.1 Å². The summed E-state index contributed by atoms with van der Waals surface area (Å²) >= 11 is 0. The van der Waals surface area contributed by atoms with Crippen LogP contribution in [-0.2, 0) is 0 Å². The Kier molecular flexibility index (Phi) is 2.86. The zero-order chi connectivity index (χ0) is 9.80. The van der Waals surface area contributed by atoms with Gasteiger partial charge in [0.15, 0.2) is 0 Å². The zero-order valence-corrected chi connectivity index (χ0v) is 8.29. The molecule has 0 amide bonds. The van der Waals surface area contributed by atoms with E-state index in [1.165, 1.54) is 24.9 Å². The van der Waals surface area contributed by atoms with E-state index >= 15 is 0 Å². The number of terminal acetylenes is 1. The van der Waals surface area contributed by atoms with E-state index in [2.05, 4.69) is 23.4 Å². The first-order valence-corrected chi connectivity index (χ1v) is 5.17. The molecule has 0 radical (unpaired) electrons. The minimum atomic E-state index is 0.676. The fourth-order valence-electron chi connectivity index (χ4n) is 1.99. The van der Waals surface area contributed by atoms with Gasteiger partial charge in [-0.1, -0.05) is 18.1 Å². The highest BCUT2D eigenvalue weighted by molar-refractivity contribution is 5.35. The van der Waals surface area contributed by atoms with Gasteiger partial charge in [0.2, 0.25) is 0 Å². The molecule has 0 spiro atoms. The third kappa shape index (κ3) is 1.97. The summed E-state index contributed by atoms with van der Waals surface area (Å²) < 4.78 is 0. The van der Waals surface area contributed by atoms with Crippen LogP contribution in [0.1, 0.15) is 29.9 Å². The second kappa shape index (κ2) is 4.30. The summed E-state index contributed by atoms with van der Waals surface area (Å²) in [5, 5.41) is 3.42. The van der Waals surface area contributed by atoms with E-state index in [0.717, 1.165) is 12.1 Å². The Bertz CT molecular complexity index is 325. The second-order valence-electron chi connectivity index (χ2n) is 3.81. The van der Waals surface area contributed by atoms with Crippen LogP contribution in [0.2, 0.25) is 0 Å². The Morgan fingerprint density at radius 3 is 2.64 bits per heavy atom. The van der Waals surface area contributed by atoms with Gasteiger partial charge >= 0.3 is 0 Å². The van der Waals surface area contributed by atoms with Gasteiger partial charge in [0.05, 0.1) is 0 Å². The Balaban J connectivity index is 2.12. The molecule has 1 aromatic carbocycles. The van der Waals surface area contributed by atoms with Gasteiger partial charge < -0.3 is 5.32 Å². The molecule has 1 nitrogen and oxygen atoms in total. The summed E-state index contributed by atoms with van der Waals surface area (Å²) in [4.78, 5) is 0. The summed E-state index contributed by atoms with van der Waals surface area (Å²) in [5.74, 6) is 3.32. The van der Waals surface area contributed by atoms with Gasteiger partial charge in [-0.3, -0.25) is 0 Å². The van der Waals surface area contributed by atoms with Crippen LogP contribution in [-0.4, -0.2) is 13.1 Å². The maximum Gasteiger partial charge on any atom is 0.0242 e. The third-order valence-electron chi connectivity index (χ3n) is 2.85. The van der Waals surface area contributed by atoms with Crippen molar-refractivity contribution in [2.75, 3.05) is 13.1 Å². The molecule has 1 fully saturated rings. The van der Waals surface area contributed by atoms with Gasteiger partial charge in [-0.25, -0.2) is 0 Å². The molecule has 1 aliphatic rings. The van der Waals surface area contributed by atoms with Crippen LogP contribution in [0.3, 0.4) is 0 Å². The molecule has 2 rings (SSSR count). The van der Waals surface area contributed by atoms with Gasteiger partial charge in [0.25, 0.3) is 0 Å². The lowest BCUT2D eigenvalue weighted by Crippen LogP contribution is -2.28. The Labute approximate surface area is 85.5 Å². The monoisotopic (exact) mass is 185 g/mol. The third-order valence-corrected chi connectivity index (χ3v) is 2.85. The molecule has 0 saturated carbocycles. The molecule has 1 saturated heterocycles. The highest BCUT2D eigenvalue weighted by atomic mass is 14.9. The molecule has 0 unspecified atom stereocenters. The van der Waals surface area contributed by atoms with Crippen LogP contribution < -0.4 is 5.32 Å². The van der Waals surface area contributed by atoms with E-state index in [9.17, 15) is 0 Å². The molecule has 1 aliphatic heterocycles. The van der Waals surface area contributed by atoms with Crippen LogP contribution in [0.5, 0.6) is 0 Å². The van der Waals surface area contributed by atoms with Crippen LogP contribution in [0.4, 0.5) is 0 Å². The normalized spacial score (nSPS) is 21.5. The van der Waals surface area contributed by atoms with E-state index in [0.29, 0.717) is 5.92 Å². The van der Waals surface area contributed by atoms with Crippen LogP contribution in [0.15, 0.2) is 24.3 Å². The van der Waals surface area contributed by atoms with E-state index < -0.39 is 0 Å². The molecule has 1 N–H and O–H groups in total. The maximum absolute atomic E-state index is 5.32. The average molecular weight is 185 g/mol. The van der Waals surface area contributed by atoms with Crippen LogP contribution in [0.25, 0.3) is 0 Å². The molecule has 1 atom stereocenters. The number of rotatable bonds is 1. The van der Waals surface area contributed by atoms with Crippen LogP contribution >= 0.6 is 0 Å². The predicted molar refractivity (Wildman–Crippen MR) is 59.2 cm³/mol. The Morgan fingerprint density at radius 2 is 2.07 bits per heavy atom. The number of hydrogen-bond acceptors (Lipinski definition) is 1. The lowest BCUT2D eigenvalue weighted by molar-refractivity contribution is 0.461. The van der Waals surface area contributed by atoms with E-state index in [4.69, 9.17) is 6.42 Å². The predicted octanol–water partition coefficient (Wildman–Crippen LogP) is 2.13. The van der Waals surface area contributed by atoms with Crippen molar-refractivity contribution >= 4 is 0 Å².